The van der Waals surface area contributed by atoms with Crippen LogP contribution < -0.4 is 15.9 Å². The second-order valence-corrected chi connectivity index (χ2v) is 15.4. The largest absolute Gasteiger partial charge is 0.296 e. The summed E-state index contributed by atoms with van der Waals surface area (Å²) < 4.78 is 0. The fourth-order valence-corrected chi connectivity index (χ4v) is 12.0. The van der Waals surface area contributed by atoms with Gasteiger partial charge in [0.2, 0.25) is 0 Å². The molecule has 185 valence electrons. The van der Waals surface area contributed by atoms with E-state index in [1.165, 1.54) is 38.2 Å². The van der Waals surface area contributed by atoms with Crippen LogP contribution in [0.4, 0.5) is 0 Å². The number of nitrogens with zero attached hydrogens (tertiary/aromatic N) is 1. The number of aromatic nitrogens is 1. The molecule has 0 saturated carbocycles. The van der Waals surface area contributed by atoms with Gasteiger partial charge in [0.05, 0.1) is 5.52 Å². The number of fused-ring (bicyclic) bond motifs is 5. The van der Waals surface area contributed by atoms with E-state index in [2.05, 4.69) is 125 Å². The van der Waals surface area contributed by atoms with Gasteiger partial charge in [0.1, 0.15) is 0 Å². The van der Waals surface area contributed by atoms with Crippen molar-refractivity contribution in [3.63, 3.8) is 0 Å². The van der Waals surface area contributed by atoms with E-state index in [0.717, 1.165) is 22.2 Å². The van der Waals surface area contributed by atoms with Crippen LogP contribution in [0, 0.1) is 6.07 Å². The first-order chi connectivity index (χ1) is 17.2. The Labute approximate surface area is 237 Å². The Morgan fingerprint density at radius 2 is 1.30 bits per heavy atom. The first-order valence-electron chi connectivity index (χ1n) is 12.5. The van der Waals surface area contributed by atoms with Crippen molar-refractivity contribution in [3.05, 3.63) is 119 Å². The van der Waals surface area contributed by atoms with Crippen molar-refractivity contribution in [1.82, 2.24) is 4.98 Å². The van der Waals surface area contributed by atoms with Gasteiger partial charge in [0, 0.05) is 26.1 Å². The van der Waals surface area contributed by atoms with Gasteiger partial charge in [-0.05, 0) is 49.7 Å². The maximum Gasteiger partial charge on any atom is 0.0595 e. The van der Waals surface area contributed by atoms with Gasteiger partial charge in [0.25, 0.3) is 0 Å². The molecule has 0 fully saturated rings. The van der Waals surface area contributed by atoms with Crippen LogP contribution in [0.5, 0.6) is 0 Å². The molecule has 7 rings (SSSR count). The van der Waals surface area contributed by atoms with E-state index in [0.29, 0.717) is 0 Å². The molecule has 1 atom stereocenters. The average Bonchev–Trinajstić information content (AvgIpc) is 2.90. The van der Waals surface area contributed by atoms with Crippen molar-refractivity contribution in [2.45, 2.75) is 38.5 Å². The summed E-state index contributed by atoms with van der Waals surface area (Å²) in [6, 6.07) is 34.4. The third kappa shape index (κ3) is 3.25. The topological polar surface area (TPSA) is 12.9 Å². The molecule has 1 aromatic heterocycles. The monoisotopic (exact) mass is 693 g/mol. The SMILES string of the molecule is CC1(C)c2[c-]c(-c3ccc4ccccc4n3)cc3c2P(=S)(c2ccccc21)c1ccccc1C3(C)C.[Ir]. The van der Waals surface area contributed by atoms with Crippen molar-refractivity contribution in [2.24, 2.45) is 0 Å². The van der Waals surface area contributed by atoms with E-state index in [1.54, 1.807) is 0 Å². The Hall–Kier alpha value is -2.41. The summed E-state index contributed by atoms with van der Waals surface area (Å²) in [7, 11) is 0. The maximum atomic E-state index is 6.86. The predicted molar refractivity (Wildman–Crippen MR) is 156 cm³/mol. The quantitative estimate of drug-likeness (QED) is 0.143. The van der Waals surface area contributed by atoms with Gasteiger partial charge in [-0.1, -0.05) is 124 Å². The fourth-order valence-electron chi connectivity index (χ4n) is 6.39. The summed E-state index contributed by atoms with van der Waals surface area (Å²) in [6.07, 6.45) is 0. The van der Waals surface area contributed by atoms with E-state index in [1.807, 2.05) is 0 Å². The Morgan fingerprint density at radius 1 is 0.703 bits per heavy atom. The van der Waals surface area contributed by atoms with Gasteiger partial charge >= 0.3 is 0 Å². The zero-order valence-corrected chi connectivity index (χ0v) is 25.4. The Morgan fingerprint density at radius 3 is 2.00 bits per heavy atom. The molecule has 5 aromatic rings. The molecule has 2 aliphatic rings. The molecule has 1 nitrogen and oxygen atoms in total. The molecule has 4 heteroatoms. The first-order valence-corrected chi connectivity index (χ1v) is 15.3. The second-order valence-electron chi connectivity index (χ2n) is 11.1. The summed E-state index contributed by atoms with van der Waals surface area (Å²) in [5, 5.41) is 5.19. The van der Waals surface area contributed by atoms with Gasteiger partial charge in [-0.2, -0.15) is 0 Å². The van der Waals surface area contributed by atoms with Gasteiger partial charge < -0.3 is 0 Å². The number of para-hydroxylation sites is 1. The molecule has 0 bridgehead atoms. The van der Waals surface area contributed by atoms with Gasteiger partial charge in [-0.15, -0.1) is 28.8 Å². The summed E-state index contributed by atoms with van der Waals surface area (Å²) in [4.78, 5) is 5.06. The van der Waals surface area contributed by atoms with E-state index in [-0.39, 0.29) is 30.9 Å². The molecule has 0 aliphatic carbocycles. The minimum atomic E-state index is -2.24. The third-order valence-electron chi connectivity index (χ3n) is 8.36. The van der Waals surface area contributed by atoms with E-state index in [4.69, 9.17) is 16.8 Å². The molecule has 0 N–H and O–H groups in total. The van der Waals surface area contributed by atoms with Crippen LogP contribution in [-0.4, -0.2) is 4.98 Å². The fraction of sp³-hybridized carbons (Fsp3) is 0.182. The van der Waals surface area contributed by atoms with Crippen molar-refractivity contribution in [3.8, 4) is 11.3 Å². The second kappa shape index (κ2) is 8.29. The summed E-state index contributed by atoms with van der Waals surface area (Å²) >= 11 is 6.86. The summed E-state index contributed by atoms with van der Waals surface area (Å²) in [6.45, 7) is 9.38. The Balaban J connectivity index is 0.00000252. The first kappa shape index (κ1) is 24.9. The smallest absolute Gasteiger partial charge is 0.0595 e. The van der Waals surface area contributed by atoms with Gasteiger partial charge in [-0.3, -0.25) is 4.98 Å². The molecule has 0 saturated heterocycles. The normalized spacial score (nSPS) is 19.8. The predicted octanol–water partition coefficient (Wildman–Crippen LogP) is 6.73. The molecule has 2 aliphatic heterocycles. The van der Waals surface area contributed by atoms with Crippen LogP contribution in [0.3, 0.4) is 0 Å². The zero-order valence-electron chi connectivity index (χ0n) is 21.3. The van der Waals surface area contributed by atoms with Gasteiger partial charge in [-0.25, -0.2) is 0 Å². The molecule has 3 heterocycles. The molecule has 37 heavy (non-hydrogen) atoms. The molecule has 0 spiro atoms. The van der Waals surface area contributed by atoms with Crippen LogP contribution >= 0.6 is 6.04 Å². The van der Waals surface area contributed by atoms with Crippen molar-refractivity contribution >= 4 is 44.7 Å². The molecule has 4 aromatic carbocycles. The molecular weight excluding hydrogens is 666 g/mol. The molecule has 0 amide bonds. The van der Waals surface area contributed by atoms with Crippen LogP contribution in [0.25, 0.3) is 22.2 Å². The Kier molecular flexibility index (Phi) is 5.58. The number of rotatable bonds is 1. The van der Waals surface area contributed by atoms with Crippen molar-refractivity contribution in [2.75, 3.05) is 0 Å². The third-order valence-corrected chi connectivity index (χ3v) is 13.3. The summed E-state index contributed by atoms with van der Waals surface area (Å²) in [5.74, 6) is 0. The van der Waals surface area contributed by atoms with Crippen molar-refractivity contribution < 1.29 is 20.1 Å². The molecule has 1 radical (unpaired) electrons. The minimum absolute atomic E-state index is 0. The number of hydrogen-bond donors (Lipinski definition) is 0. The Bertz CT molecular complexity index is 1700. The van der Waals surface area contributed by atoms with Crippen LogP contribution in [0.2, 0.25) is 0 Å². The van der Waals surface area contributed by atoms with E-state index >= 15 is 0 Å². The number of pyridine rings is 1. The minimum Gasteiger partial charge on any atom is -0.296 e. The van der Waals surface area contributed by atoms with Crippen molar-refractivity contribution in [1.29, 1.82) is 0 Å². The summed E-state index contributed by atoms with van der Waals surface area (Å²) in [5.41, 5.74) is 7.91. The maximum absolute atomic E-state index is 6.86. The van der Waals surface area contributed by atoms with Gasteiger partial charge in [0.15, 0.2) is 0 Å². The van der Waals surface area contributed by atoms with Crippen LogP contribution in [0.1, 0.15) is 49.9 Å². The number of benzene rings is 4. The number of hydrogen-bond acceptors (Lipinski definition) is 2. The van der Waals surface area contributed by atoms with Crippen LogP contribution in [0.15, 0.2) is 91.0 Å². The van der Waals surface area contributed by atoms with Crippen LogP contribution in [-0.2, 0) is 42.7 Å². The van der Waals surface area contributed by atoms with E-state index < -0.39 is 6.04 Å². The standard InChI is InChI=1S/C33H27NPS.Ir/c1-32(2)23-12-6-9-15-29(23)35(36)30-16-10-7-13-24(30)33(3,4)26-20-22(19-25(32)31(26)35)28-18-17-21-11-5-8-14-27(21)34-28;/h5-19H,1-4H3;/q-1;. The average molecular weight is 693 g/mol. The van der Waals surface area contributed by atoms with E-state index in [9.17, 15) is 0 Å². The molecular formula is C33H27IrNPS-. The zero-order chi connectivity index (χ0) is 24.9. The molecule has 1 unspecified atom stereocenters.